The fourth-order valence-electron chi connectivity index (χ4n) is 3.44. The van der Waals surface area contributed by atoms with Crippen LogP contribution in [0.25, 0.3) is 0 Å². The quantitative estimate of drug-likeness (QED) is 0.622. The predicted molar refractivity (Wildman–Crippen MR) is 105 cm³/mol. The Bertz CT molecular complexity index is 918. The lowest BCUT2D eigenvalue weighted by Crippen LogP contribution is -2.40. The molecule has 4 rings (SSSR count). The van der Waals surface area contributed by atoms with Crippen LogP contribution in [0.5, 0.6) is 5.75 Å². The zero-order valence-electron chi connectivity index (χ0n) is 14.3. The highest BCUT2D eigenvalue weighted by atomic mass is 35.5. The average molecular weight is 384 g/mol. The highest BCUT2D eigenvalue weighted by Crippen LogP contribution is 2.39. The van der Waals surface area contributed by atoms with Gasteiger partial charge in [0.1, 0.15) is 5.75 Å². The summed E-state index contributed by atoms with van der Waals surface area (Å²) in [5.74, 6) is 0.838. The second kappa shape index (κ2) is 7.14. The minimum Gasteiger partial charge on any atom is -0.497 e. The third-order valence-electron chi connectivity index (χ3n) is 4.75. The first-order chi connectivity index (χ1) is 12.7. The first-order valence-electron chi connectivity index (χ1n) is 8.44. The van der Waals surface area contributed by atoms with Gasteiger partial charge in [0.15, 0.2) is 0 Å². The molecule has 1 aromatic heterocycles. The molecule has 1 amide bonds. The van der Waals surface area contributed by atoms with Crippen LogP contribution in [0.3, 0.4) is 0 Å². The highest BCUT2D eigenvalue weighted by molar-refractivity contribution is 7.10. The van der Waals surface area contributed by atoms with Crippen molar-refractivity contribution >= 4 is 28.8 Å². The monoisotopic (exact) mass is 383 g/mol. The largest absolute Gasteiger partial charge is 0.497 e. The van der Waals surface area contributed by atoms with Gasteiger partial charge < -0.3 is 9.64 Å². The summed E-state index contributed by atoms with van der Waals surface area (Å²) in [4.78, 5) is 16.5. The van der Waals surface area contributed by atoms with E-state index in [0.717, 1.165) is 17.7 Å². The van der Waals surface area contributed by atoms with Gasteiger partial charge in [0, 0.05) is 22.0 Å². The molecule has 5 heteroatoms. The molecule has 0 spiro atoms. The molecular weight excluding hydrogens is 366 g/mol. The van der Waals surface area contributed by atoms with E-state index in [4.69, 9.17) is 16.3 Å². The smallest absolute Gasteiger partial charge is 0.254 e. The van der Waals surface area contributed by atoms with Crippen LogP contribution in [0, 0.1) is 0 Å². The van der Waals surface area contributed by atoms with Crippen LogP contribution in [0.2, 0.25) is 5.02 Å². The number of methoxy groups -OCH3 is 1. The molecule has 0 saturated heterocycles. The lowest BCUT2D eigenvalue weighted by atomic mass is 9.92. The van der Waals surface area contributed by atoms with Crippen molar-refractivity contribution in [3.05, 3.63) is 86.6 Å². The Balaban J connectivity index is 1.74. The number of benzene rings is 2. The Kier molecular flexibility index (Phi) is 4.70. The Morgan fingerprint density at radius 3 is 2.54 bits per heavy atom. The van der Waals surface area contributed by atoms with E-state index in [-0.39, 0.29) is 11.9 Å². The summed E-state index contributed by atoms with van der Waals surface area (Å²) < 4.78 is 5.27. The summed E-state index contributed by atoms with van der Waals surface area (Å²) in [5.41, 5.74) is 2.97. The summed E-state index contributed by atoms with van der Waals surface area (Å²) in [5, 5.41) is 2.74. The van der Waals surface area contributed by atoms with E-state index in [1.54, 1.807) is 42.7 Å². The molecule has 0 aliphatic carbocycles. The number of nitrogens with zero attached hydrogens (tertiary/aromatic N) is 1. The molecular formula is C21H18ClNO2S. The standard InChI is InChI=1S/C21H18ClNO2S/c1-25-17-8-4-14(5-9-17)20-18-11-13-26-19(18)10-12-23(20)21(24)15-2-6-16(22)7-3-15/h2-9,11,13,20H,10,12H2,1H3. The molecule has 0 bridgehead atoms. The molecule has 3 aromatic rings. The van der Waals surface area contributed by atoms with E-state index >= 15 is 0 Å². The molecule has 1 unspecified atom stereocenters. The average Bonchev–Trinajstić information content (AvgIpc) is 3.16. The van der Waals surface area contributed by atoms with E-state index in [9.17, 15) is 4.79 Å². The topological polar surface area (TPSA) is 29.5 Å². The van der Waals surface area contributed by atoms with Gasteiger partial charge in [-0.1, -0.05) is 23.7 Å². The van der Waals surface area contributed by atoms with Crippen molar-refractivity contribution in [3.8, 4) is 5.75 Å². The Hall–Kier alpha value is -2.30. The lowest BCUT2D eigenvalue weighted by molar-refractivity contribution is 0.0696. The number of rotatable bonds is 3. The maximum Gasteiger partial charge on any atom is 0.254 e. The van der Waals surface area contributed by atoms with Crippen LogP contribution in [0.15, 0.2) is 60.0 Å². The molecule has 26 heavy (non-hydrogen) atoms. The van der Waals surface area contributed by atoms with Crippen molar-refractivity contribution in [2.45, 2.75) is 12.5 Å². The number of ether oxygens (including phenoxy) is 1. The van der Waals surface area contributed by atoms with Crippen molar-refractivity contribution in [2.75, 3.05) is 13.7 Å². The van der Waals surface area contributed by atoms with Crippen molar-refractivity contribution < 1.29 is 9.53 Å². The van der Waals surface area contributed by atoms with Gasteiger partial charge in [0.05, 0.1) is 13.2 Å². The molecule has 3 nitrogen and oxygen atoms in total. The van der Waals surface area contributed by atoms with E-state index in [1.807, 2.05) is 29.2 Å². The third-order valence-corrected chi connectivity index (χ3v) is 6.00. The first kappa shape index (κ1) is 17.1. The van der Waals surface area contributed by atoms with Crippen LogP contribution in [0.4, 0.5) is 0 Å². The van der Waals surface area contributed by atoms with Crippen LogP contribution >= 0.6 is 22.9 Å². The van der Waals surface area contributed by atoms with E-state index in [2.05, 4.69) is 11.4 Å². The van der Waals surface area contributed by atoms with Crippen molar-refractivity contribution in [2.24, 2.45) is 0 Å². The molecule has 0 N–H and O–H groups in total. The second-order valence-corrected chi connectivity index (χ2v) is 7.67. The molecule has 2 heterocycles. The zero-order chi connectivity index (χ0) is 18.1. The molecule has 0 saturated carbocycles. The number of thiophene rings is 1. The number of fused-ring (bicyclic) bond motifs is 1. The molecule has 2 aromatic carbocycles. The molecule has 132 valence electrons. The summed E-state index contributed by atoms with van der Waals surface area (Å²) >= 11 is 7.74. The predicted octanol–water partition coefficient (Wildman–Crippen LogP) is 5.20. The van der Waals surface area contributed by atoms with Crippen LogP contribution in [-0.2, 0) is 6.42 Å². The van der Waals surface area contributed by atoms with Crippen LogP contribution < -0.4 is 4.74 Å². The minimum atomic E-state index is -0.0842. The van der Waals surface area contributed by atoms with Gasteiger partial charge in [-0.2, -0.15) is 0 Å². The highest BCUT2D eigenvalue weighted by Gasteiger charge is 2.33. The minimum absolute atomic E-state index is 0.0272. The van der Waals surface area contributed by atoms with Gasteiger partial charge in [-0.15, -0.1) is 11.3 Å². The summed E-state index contributed by atoms with van der Waals surface area (Å²) in [6, 6.07) is 17.1. The number of hydrogen-bond donors (Lipinski definition) is 0. The third kappa shape index (κ3) is 3.11. The summed E-state index contributed by atoms with van der Waals surface area (Å²) in [6.45, 7) is 0.700. The maximum absolute atomic E-state index is 13.2. The van der Waals surface area contributed by atoms with Crippen molar-refractivity contribution in [1.82, 2.24) is 4.90 Å². The van der Waals surface area contributed by atoms with Gasteiger partial charge in [0.25, 0.3) is 5.91 Å². The molecule has 1 aliphatic heterocycles. The SMILES string of the molecule is COc1ccc(C2c3ccsc3CCN2C(=O)c2ccc(Cl)cc2)cc1. The first-order valence-corrected chi connectivity index (χ1v) is 9.70. The second-order valence-electron chi connectivity index (χ2n) is 6.23. The van der Waals surface area contributed by atoms with Crippen molar-refractivity contribution in [1.29, 1.82) is 0 Å². The van der Waals surface area contributed by atoms with E-state index in [0.29, 0.717) is 17.1 Å². The Labute approximate surface area is 161 Å². The fraction of sp³-hybridized carbons (Fsp3) is 0.190. The van der Waals surface area contributed by atoms with Crippen molar-refractivity contribution in [3.63, 3.8) is 0 Å². The Morgan fingerprint density at radius 1 is 1.12 bits per heavy atom. The van der Waals surface area contributed by atoms with Gasteiger partial charge in [-0.25, -0.2) is 0 Å². The zero-order valence-corrected chi connectivity index (χ0v) is 15.9. The van der Waals surface area contributed by atoms with E-state index < -0.39 is 0 Å². The van der Waals surface area contributed by atoms with Crippen LogP contribution in [0.1, 0.15) is 32.4 Å². The summed E-state index contributed by atoms with van der Waals surface area (Å²) in [6.07, 6.45) is 0.888. The van der Waals surface area contributed by atoms with E-state index in [1.165, 1.54) is 10.4 Å². The van der Waals surface area contributed by atoms with Gasteiger partial charge in [0.2, 0.25) is 0 Å². The number of amides is 1. The molecule has 1 atom stereocenters. The van der Waals surface area contributed by atoms with Crippen LogP contribution in [-0.4, -0.2) is 24.5 Å². The fourth-order valence-corrected chi connectivity index (χ4v) is 4.47. The molecule has 1 aliphatic rings. The lowest BCUT2D eigenvalue weighted by Gasteiger charge is -2.36. The van der Waals surface area contributed by atoms with Gasteiger partial charge in [-0.05, 0) is 65.4 Å². The number of carbonyl (C=O) groups excluding carboxylic acids is 1. The normalized spacial score (nSPS) is 16.2. The number of halogens is 1. The molecule has 0 fully saturated rings. The van der Waals surface area contributed by atoms with Gasteiger partial charge in [-0.3, -0.25) is 4.79 Å². The maximum atomic E-state index is 13.2. The number of hydrogen-bond acceptors (Lipinski definition) is 3. The Morgan fingerprint density at radius 2 is 1.85 bits per heavy atom. The number of carbonyl (C=O) groups is 1. The van der Waals surface area contributed by atoms with Gasteiger partial charge >= 0.3 is 0 Å². The summed E-state index contributed by atoms with van der Waals surface area (Å²) in [7, 11) is 1.66. The molecule has 0 radical (unpaired) electrons.